The zero-order valence-electron chi connectivity index (χ0n) is 31.4. The second kappa shape index (κ2) is 11.9. The molecule has 9 aromatic rings. The summed E-state index contributed by atoms with van der Waals surface area (Å²) in [5.41, 5.74) is 27.2. The lowest BCUT2D eigenvalue weighted by Crippen LogP contribution is -2.26. The molecule has 3 aliphatic rings. The van der Waals surface area contributed by atoms with Crippen molar-refractivity contribution in [1.29, 1.82) is 0 Å². The maximum absolute atomic E-state index is 5.86. The molecule has 12 rings (SSSR count). The number of aromatic nitrogens is 3. The van der Waals surface area contributed by atoms with E-state index in [0.29, 0.717) is 0 Å². The molecule has 2 aliphatic carbocycles. The van der Waals surface area contributed by atoms with E-state index in [1.807, 2.05) is 18.5 Å². The Balaban J connectivity index is 1.02. The standard InChI is InChI=1S/C52H37N5/c1-32-37(26-28-53)41-27-30-54-31-48(41)56(32)35-20-16-33(17-21-35)34-18-22-36(23-19-34)57-47-15-7-4-11-40(47)42-24-25-46-49(50(42)57)43-12-8-29-55-51(43)52(46)44-13-5-2-9-38(44)39-10-3-6-14-45(39)52/h2-26,28-29,31H,27,30,53H2,1H3/b28-26-. The van der Waals surface area contributed by atoms with E-state index in [1.54, 1.807) is 6.20 Å². The first-order valence-electron chi connectivity index (χ1n) is 19.7. The van der Waals surface area contributed by atoms with Gasteiger partial charge in [0.2, 0.25) is 0 Å². The van der Waals surface area contributed by atoms with Crippen LogP contribution >= 0.6 is 0 Å². The number of nitrogens with two attached hydrogens (primary N) is 1. The van der Waals surface area contributed by atoms with Crippen LogP contribution in [-0.4, -0.2) is 26.9 Å². The zero-order chi connectivity index (χ0) is 37.8. The third-order valence-electron chi connectivity index (χ3n) is 12.8. The molecule has 57 heavy (non-hydrogen) atoms. The van der Waals surface area contributed by atoms with Gasteiger partial charge in [0.15, 0.2) is 0 Å². The maximum atomic E-state index is 5.86. The van der Waals surface area contributed by atoms with E-state index in [0.717, 1.165) is 35.7 Å². The molecule has 0 saturated heterocycles. The SMILES string of the molecule is Cc1c(/C=C\N)c2c(n1-c1ccc(-c3ccc(-n4c5ccccc5c5ccc6c(c54)-c4cccnc4C64c5ccccc5-c5ccccc54)cc3)cc1)C=NCC2. The molecule has 6 aromatic carbocycles. The van der Waals surface area contributed by atoms with Crippen molar-refractivity contribution < 1.29 is 0 Å². The molecule has 1 spiro atoms. The predicted molar refractivity (Wildman–Crippen MR) is 234 cm³/mol. The van der Waals surface area contributed by atoms with Gasteiger partial charge in [0.25, 0.3) is 0 Å². The molecule has 0 unspecified atom stereocenters. The fourth-order valence-electron chi connectivity index (χ4n) is 10.5. The summed E-state index contributed by atoms with van der Waals surface area (Å²) in [5, 5.41) is 2.49. The second-order valence-electron chi connectivity index (χ2n) is 15.4. The Morgan fingerprint density at radius 3 is 2.00 bits per heavy atom. The monoisotopic (exact) mass is 731 g/mol. The quantitative estimate of drug-likeness (QED) is 0.196. The molecule has 1 aliphatic heterocycles. The first kappa shape index (κ1) is 32.0. The number of hydrogen-bond acceptors (Lipinski definition) is 3. The minimum absolute atomic E-state index is 0.501. The molecule has 0 bridgehead atoms. The van der Waals surface area contributed by atoms with Crippen LogP contribution in [0.15, 0.2) is 163 Å². The minimum Gasteiger partial charge on any atom is -0.405 e. The number of hydrogen-bond donors (Lipinski definition) is 1. The number of pyridine rings is 1. The summed E-state index contributed by atoms with van der Waals surface area (Å²) in [5.74, 6) is 0. The van der Waals surface area contributed by atoms with Crippen LogP contribution in [0, 0.1) is 6.92 Å². The van der Waals surface area contributed by atoms with Gasteiger partial charge in [-0.2, -0.15) is 0 Å². The molecule has 5 nitrogen and oxygen atoms in total. The molecule has 0 fully saturated rings. The Kier molecular flexibility index (Phi) is 6.68. The van der Waals surface area contributed by atoms with Crippen LogP contribution < -0.4 is 5.73 Å². The first-order valence-corrected chi connectivity index (χ1v) is 19.7. The van der Waals surface area contributed by atoms with Crippen LogP contribution in [0.5, 0.6) is 0 Å². The van der Waals surface area contributed by atoms with Crippen molar-refractivity contribution in [1.82, 2.24) is 14.1 Å². The normalized spacial score (nSPS) is 14.3. The highest BCUT2D eigenvalue weighted by atomic mass is 15.0. The highest BCUT2D eigenvalue weighted by Crippen LogP contribution is 2.63. The van der Waals surface area contributed by atoms with Crippen LogP contribution in [0.1, 0.15) is 44.9 Å². The molecule has 0 amide bonds. The fourth-order valence-corrected chi connectivity index (χ4v) is 10.5. The zero-order valence-corrected chi connectivity index (χ0v) is 31.4. The van der Waals surface area contributed by atoms with Gasteiger partial charge in [0.05, 0.1) is 27.8 Å². The first-order chi connectivity index (χ1) is 28.2. The molecular weight excluding hydrogens is 695 g/mol. The van der Waals surface area contributed by atoms with Gasteiger partial charge in [-0.1, -0.05) is 109 Å². The summed E-state index contributed by atoms with van der Waals surface area (Å²) in [6.45, 7) is 2.97. The number of fused-ring (bicyclic) bond motifs is 15. The van der Waals surface area contributed by atoms with Gasteiger partial charge in [-0.15, -0.1) is 0 Å². The highest BCUT2D eigenvalue weighted by Gasteiger charge is 2.53. The van der Waals surface area contributed by atoms with E-state index in [2.05, 4.69) is 167 Å². The van der Waals surface area contributed by atoms with Gasteiger partial charge in [0, 0.05) is 63.5 Å². The average molecular weight is 732 g/mol. The highest BCUT2D eigenvalue weighted by molar-refractivity contribution is 6.16. The second-order valence-corrected chi connectivity index (χ2v) is 15.4. The van der Waals surface area contributed by atoms with Crippen LogP contribution in [-0.2, 0) is 11.8 Å². The van der Waals surface area contributed by atoms with Crippen LogP contribution in [0.3, 0.4) is 0 Å². The number of para-hydroxylation sites is 1. The van der Waals surface area contributed by atoms with E-state index in [1.165, 1.54) is 88.7 Å². The summed E-state index contributed by atoms with van der Waals surface area (Å²) in [4.78, 5) is 9.86. The van der Waals surface area contributed by atoms with Gasteiger partial charge in [-0.05, 0) is 107 Å². The van der Waals surface area contributed by atoms with Crippen LogP contribution in [0.25, 0.3) is 72.6 Å². The summed E-state index contributed by atoms with van der Waals surface area (Å²) >= 11 is 0. The van der Waals surface area contributed by atoms with Crippen molar-refractivity contribution in [3.05, 3.63) is 203 Å². The smallest absolute Gasteiger partial charge is 0.0898 e. The molecule has 4 heterocycles. The molecule has 3 aromatic heterocycles. The molecular formula is C52H37N5. The topological polar surface area (TPSA) is 61.1 Å². The van der Waals surface area contributed by atoms with Gasteiger partial charge < -0.3 is 14.9 Å². The Hall–Kier alpha value is -7.24. The van der Waals surface area contributed by atoms with Crippen molar-refractivity contribution in [2.75, 3.05) is 6.54 Å². The van der Waals surface area contributed by atoms with Crippen LogP contribution in [0.2, 0.25) is 0 Å². The van der Waals surface area contributed by atoms with Crippen molar-refractivity contribution in [2.24, 2.45) is 10.7 Å². The number of aliphatic imine (C=N–C) groups is 1. The summed E-state index contributed by atoms with van der Waals surface area (Å²) < 4.78 is 4.79. The Morgan fingerprint density at radius 1 is 0.632 bits per heavy atom. The van der Waals surface area contributed by atoms with Crippen molar-refractivity contribution >= 4 is 34.1 Å². The van der Waals surface area contributed by atoms with E-state index in [4.69, 9.17) is 10.7 Å². The Labute approximate surface area is 330 Å². The van der Waals surface area contributed by atoms with E-state index in [-0.39, 0.29) is 0 Å². The molecule has 0 atom stereocenters. The molecule has 0 radical (unpaired) electrons. The largest absolute Gasteiger partial charge is 0.405 e. The minimum atomic E-state index is -0.501. The summed E-state index contributed by atoms with van der Waals surface area (Å²) in [6, 6.07) is 53.7. The Morgan fingerprint density at radius 2 is 1.28 bits per heavy atom. The molecule has 2 N–H and O–H groups in total. The number of rotatable bonds is 4. The van der Waals surface area contributed by atoms with E-state index in [9.17, 15) is 0 Å². The molecule has 5 heteroatoms. The number of nitrogens with zero attached hydrogens (tertiary/aromatic N) is 4. The van der Waals surface area contributed by atoms with Gasteiger partial charge in [0.1, 0.15) is 0 Å². The van der Waals surface area contributed by atoms with E-state index >= 15 is 0 Å². The molecule has 0 saturated carbocycles. The van der Waals surface area contributed by atoms with Crippen molar-refractivity contribution in [3.63, 3.8) is 0 Å². The molecule has 270 valence electrons. The number of benzene rings is 6. The lowest BCUT2D eigenvalue weighted by atomic mass is 9.72. The van der Waals surface area contributed by atoms with Crippen molar-refractivity contribution in [3.8, 4) is 44.8 Å². The van der Waals surface area contributed by atoms with E-state index < -0.39 is 5.41 Å². The predicted octanol–water partition coefficient (Wildman–Crippen LogP) is 11.2. The van der Waals surface area contributed by atoms with Crippen LogP contribution in [0.4, 0.5) is 0 Å². The van der Waals surface area contributed by atoms with Gasteiger partial charge in [-0.25, -0.2) is 0 Å². The average Bonchev–Trinajstić information content (AvgIpc) is 3.96. The van der Waals surface area contributed by atoms with Gasteiger partial charge >= 0.3 is 0 Å². The Bertz CT molecular complexity index is 3150. The lowest BCUT2D eigenvalue weighted by molar-refractivity contribution is 0.761. The fraction of sp³-hybridized carbons (Fsp3) is 0.0769. The third-order valence-corrected chi connectivity index (χ3v) is 12.8. The summed E-state index contributed by atoms with van der Waals surface area (Å²) in [7, 11) is 0. The van der Waals surface area contributed by atoms with Gasteiger partial charge in [-0.3, -0.25) is 9.98 Å². The third kappa shape index (κ3) is 4.18. The maximum Gasteiger partial charge on any atom is 0.0898 e. The summed E-state index contributed by atoms with van der Waals surface area (Å²) in [6.07, 6.45) is 8.55. The lowest BCUT2D eigenvalue weighted by Gasteiger charge is -2.29. The van der Waals surface area contributed by atoms with Crippen molar-refractivity contribution in [2.45, 2.75) is 18.8 Å².